The van der Waals surface area contributed by atoms with Crippen LogP contribution >= 0.6 is 11.8 Å². The molecule has 2 atom stereocenters. The number of aryl methyl sites for hydroxylation is 1. The van der Waals surface area contributed by atoms with Crippen molar-refractivity contribution in [3.63, 3.8) is 0 Å². The zero-order chi connectivity index (χ0) is 14.4. The molecule has 2 rings (SSSR count). The van der Waals surface area contributed by atoms with Gasteiger partial charge in [0.25, 0.3) is 0 Å². The van der Waals surface area contributed by atoms with Gasteiger partial charge < -0.3 is 10.1 Å². The molecule has 1 saturated heterocycles. The SMILES string of the molecule is CCCNC(c1ccc(CC)cc1)C(C)SC1COC1. The molecule has 3 heteroatoms. The molecular formula is C17H27NOS. The number of thioether (sulfide) groups is 1. The largest absolute Gasteiger partial charge is 0.379 e. The number of ether oxygens (including phenoxy) is 1. The Bertz CT molecular complexity index is 388. The Kier molecular flexibility index (Phi) is 6.40. The quantitative estimate of drug-likeness (QED) is 0.787. The van der Waals surface area contributed by atoms with Crippen LogP contribution in [0.5, 0.6) is 0 Å². The molecule has 0 aliphatic carbocycles. The highest BCUT2D eigenvalue weighted by Gasteiger charge is 2.26. The van der Waals surface area contributed by atoms with Gasteiger partial charge in [0.2, 0.25) is 0 Å². The predicted molar refractivity (Wildman–Crippen MR) is 88.5 cm³/mol. The van der Waals surface area contributed by atoms with Gasteiger partial charge in [-0.3, -0.25) is 0 Å². The Morgan fingerprint density at radius 3 is 2.45 bits per heavy atom. The van der Waals surface area contributed by atoms with Crippen LogP contribution in [0.4, 0.5) is 0 Å². The molecule has 0 saturated carbocycles. The molecular weight excluding hydrogens is 266 g/mol. The van der Waals surface area contributed by atoms with E-state index in [2.05, 4.69) is 62.1 Å². The fourth-order valence-corrected chi connectivity index (χ4v) is 3.86. The smallest absolute Gasteiger partial charge is 0.0608 e. The molecule has 1 N–H and O–H groups in total. The van der Waals surface area contributed by atoms with Gasteiger partial charge in [-0.25, -0.2) is 0 Å². The van der Waals surface area contributed by atoms with E-state index in [1.165, 1.54) is 17.5 Å². The minimum absolute atomic E-state index is 0.437. The van der Waals surface area contributed by atoms with E-state index in [9.17, 15) is 0 Å². The van der Waals surface area contributed by atoms with Gasteiger partial charge in [-0.1, -0.05) is 45.0 Å². The number of hydrogen-bond acceptors (Lipinski definition) is 3. The van der Waals surface area contributed by atoms with Crippen LogP contribution in [0.1, 0.15) is 44.4 Å². The second kappa shape index (κ2) is 8.06. The summed E-state index contributed by atoms with van der Waals surface area (Å²) >= 11 is 2.06. The van der Waals surface area contributed by atoms with Gasteiger partial charge in [0.15, 0.2) is 0 Å². The monoisotopic (exact) mass is 293 g/mol. The molecule has 2 unspecified atom stereocenters. The number of hydrogen-bond donors (Lipinski definition) is 1. The van der Waals surface area contributed by atoms with Crippen molar-refractivity contribution in [3.8, 4) is 0 Å². The molecule has 0 radical (unpaired) electrons. The fourth-order valence-electron chi connectivity index (χ4n) is 2.49. The second-order valence-corrected chi connectivity index (χ2v) is 7.21. The lowest BCUT2D eigenvalue weighted by Gasteiger charge is -2.32. The first-order valence-corrected chi connectivity index (χ1v) is 8.74. The van der Waals surface area contributed by atoms with Crippen molar-refractivity contribution < 1.29 is 4.74 Å². The van der Waals surface area contributed by atoms with Crippen LogP contribution in [0, 0.1) is 0 Å². The maximum Gasteiger partial charge on any atom is 0.0608 e. The van der Waals surface area contributed by atoms with Gasteiger partial charge >= 0.3 is 0 Å². The van der Waals surface area contributed by atoms with E-state index in [-0.39, 0.29) is 0 Å². The molecule has 112 valence electrons. The van der Waals surface area contributed by atoms with Crippen LogP contribution in [0.15, 0.2) is 24.3 Å². The highest BCUT2D eigenvalue weighted by atomic mass is 32.2. The maximum absolute atomic E-state index is 5.29. The fraction of sp³-hybridized carbons (Fsp3) is 0.647. The minimum Gasteiger partial charge on any atom is -0.379 e. The first-order chi connectivity index (χ1) is 9.74. The average Bonchev–Trinajstić information content (AvgIpc) is 2.44. The third-order valence-corrected chi connectivity index (χ3v) is 5.20. The van der Waals surface area contributed by atoms with Gasteiger partial charge in [-0.15, -0.1) is 11.8 Å². The lowest BCUT2D eigenvalue weighted by atomic mass is 10.0. The third kappa shape index (κ3) is 4.24. The predicted octanol–water partition coefficient (Wildman–Crippen LogP) is 3.81. The van der Waals surface area contributed by atoms with Crippen molar-refractivity contribution in [1.29, 1.82) is 0 Å². The maximum atomic E-state index is 5.29. The number of benzene rings is 1. The van der Waals surface area contributed by atoms with E-state index in [0.717, 1.165) is 26.2 Å². The summed E-state index contributed by atoms with van der Waals surface area (Å²) in [6.07, 6.45) is 2.28. The third-order valence-electron chi connectivity index (χ3n) is 3.85. The lowest BCUT2D eigenvalue weighted by molar-refractivity contribution is 0.0452. The van der Waals surface area contributed by atoms with Gasteiger partial charge in [-0.05, 0) is 30.5 Å². The molecule has 1 heterocycles. The van der Waals surface area contributed by atoms with Crippen LogP contribution in [0.25, 0.3) is 0 Å². The first kappa shape index (κ1) is 15.9. The number of nitrogens with one attached hydrogen (secondary N) is 1. The van der Waals surface area contributed by atoms with E-state index in [4.69, 9.17) is 4.74 Å². The zero-order valence-electron chi connectivity index (χ0n) is 12.9. The summed E-state index contributed by atoms with van der Waals surface area (Å²) in [5.41, 5.74) is 2.83. The topological polar surface area (TPSA) is 21.3 Å². The van der Waals surface area contributed by atoms with Crippen LogP contribution in [-0.2, 0) is 11.2 Å². The van der Waals surface area contributed by atoms with Crippen LogP contribution in [-0.4, -0.2) is 30.3 Å². The van der Waals surface area contributed by atoms with Gasteiger partial charge in [0.1, 0.15) is 0 Å². The summed E-state index contributed by atoms with van der Waals surface area (Å²) in [6, 6.07) is 9.55. The highest BCUT2D eigenvalue weighted by molar-refractivity contribution is 8.00. The van der Waals surface area contributed by atoms with Crippen molar-refractivity contribution in [2.45, 2.75) is 50.2 Å². The van der Waals surface area contributed by atoms with Crippen molar-refractivity contribution in [2.75, 3.05) is 19.8 Å². The Morgan fingerprint density at radius 1 is 1.25 bits per heavy atom. The molecule has 1 fully saturated rings. The molecule has 1 aromatic carbocycles. The van der Waals surface area contributed by atoms with Crippen molar-refractivity contribution >= 4 is 11.8 Å². The Balaban J connectivity index is 2.03. The average molecular weight is 293 g/mol. The molecule has 2 nitrogen and oxygen atoms in total. The van der Waals surface area contributed by atoms with E-state index >= 15 is 0 Å². The number of rotatable bonds is 8. The molecule has 20 heavy (non-hydrogen) atoms. The van der Waals surface area contributed by atoms with E-state index < -0.39 is 0 Å². The van der Waals surface area contributed by atoms with Crippen molar-refractivity contribution in [1.82, 2.24) is 5.32 Å². The van der Waals surface area contributed by atoms with Gasteiger partial charge in [-0.2, -0.15) is 0 Å². The molecule has 0 amide bonds. The summed E-state index contributed by atoms with van der Waals surface area (Å²) in [7, 11) is 0. The summed E-state index contributed by atoms with van der Waals surface area (Å²) in [4.78, 5) is 0. The standard InChI is InChI=1S/C17H27NOS/c1-4-10-18-17(13(3)20-16-11-19-12-16)15-8-6-14(5-2)7-9-15/h6-9,13,16-18H,4-5,10-12H2,1-3H3. The Labute approximate surface area is 127 Å². The Morgan fingerprint density at radius 2 is 1.95 bits per heavy atom. The van der Waals surface area contributed by atoms with Gasteiger partial charge in [0, 0.05) is 11.3 Å². The first-order valence-electron chi connectivity index (χ1n) is 7.80. The van der Waals surface area contributed by atoms with Crippen molar-refractivity contribution in [3.05, 3.63) is 35.4 Å². The zero-order valence-corrected chi connectivity index (χ0v) is 13.7. The molecule has 1 aliphatic heterocycles. The molecule has 0 aromatic heterocycles. The van der Waals surface area contributed by atoms with Crippen LogP contribution in [0.2, 0.25) is 0 Å². The minimum atomic E-state index is 0.437. The summed E-state index contributed by atoms with van der Waals surface area (Å²) in [5, 5.41) is 4.97. The Hall–Kier alpha value is -0.510. The highest BCUT2D eigenvalue weighted by Crippen LogP contribution is 2.32. The van der Waals surface area contributed by atoms with E-state index in [1.807, 2.05) is 0 Å². The molecule has 0 spiro atoms. The summed E-state index contributed by atoms with van der Waals surface area (Å²) in [5.74, 6) is 0. The summed E-state index contributed by atoms with van der Waals surface area (Å²) in [6.45, 7) is 9.68. The lowest BCUT2D eigenvalue weighted by Crippen LogP contribution is -2.36. The summed E-state index contributed by atoms with van der Waals surface area (Å²) < 4.78 is 5.29. The van der Waals surface area contributed by atoms with E-state index in [1.54, 1.807) is 0 Å². The second-order valence-electron chi connectivity index (χ2n) is 5.53. The van der Waals surface area contributed by atoms with Crippen LogP contribution in [0.3, 0.4) is 0 Å². The van der Waals surface area contributed by atoms with E-state index in [0.29, 0.717) is 16.5 Å². The van der Waals surface area contributed by atoms with Gasteiger partial charge in [0.05, 0.1) is 18.5 Å². The van der Waals surface area contributed by atoms with Crippen molar-refractivity contribution in [2.24, 2.45) is 0 Å². The molecule has 1 aromatic rings. The molecule has 1 aliphatic rings. The molecule has 0 bridgehead atoms. The normalized spacial score (nSPS) is 18.6. The van der Waals surface area contributed by atoms with Crippen LogP contribution < -0.4 is 5.32 Å².